The number of nitrogens with zero attached hydrogens (tertiary/aromatic N) is 2. The number of benzene rings is 3. The summed E-state index contributed by atoms with van der Waals surface area (Å²) in [4.78, 5) is 12.6. The zero-order valence-corrected chi connectivity index (χ0v) is 18.4. The van der Waals surface area contributed by atoms with Crippen LogP contribution in [0.5, 0.6) is 11.5 Å². The molecule has 0 bridgehead atoms. The van der Waals surface area contributed by atoms with Gasteiger partial charge in [-0.25, -0.2) is 9.07 Å². The molecule has 0 unspecified atom stereocenters. The SMILES string of the molecule is COc1ccc(CC(=O)NCc2cn(-c3ccccc3)nc2-c2ccc(F)cc2)cc1OC. The van der Waals surface area contributed by atoms with Gasteiger partial charge in [0.05, 0.1) is 32.0 Å². The van der Waals surface area contributed by atoms with E-state index >= 15 is 0 Å². The first-order valence-electron chi connectivity index (χ1n) is 10.4. The number of ether oxygens (including phenoxy) is 2. The first-order chi connectivity index (χ1) is 16.1. The minimum Gasteiger partial charge on any atom is -0.493 e. The van der Waals surface area contributed by atoms with E-state index in [1.807, 2.05) is 42.6 Å². The van der Waals surface area contributed by atoms with Gasteiger partial charge in [0.1, 0.15) is 5.82 Å². The Bertz CT molecular complexity index is 1240. The third-order valence-electron chi connectivity index (χ3n) is 5.22. The van der Waals surface area contributed by atoms with Crippen LogP contribution < -0.4 is 14.8 Å². The van der Waals surface area contributed by atoms with Gasteiger partial charge in [0.15, 0.2) is 11.5 Å². The van der Waals surface area contributed by atoms with Gasteiger partial charge in [-0.1, -0.05) is 24.3 Å². The first kappa shape index (κ1) is 22.1. The van der Waals surface area contributed by atoms with Crippen LogP contribution >= 0.6 is 0 Å². The lowest BCUT2D eigenvalue weighted by molar-refractivity contribution is -0.120. The largest absolute Gasteiger partial charge is 0.493 e. The van der Waals surface area contributed by atoms with Crippen molar-refractivity contribution in [2.75, 3.05) is 14.2 Å². The van der Waals surface area contributed by atoms with Gasteiger partial charge in [0.25, 0.3) is 0 Å². The fourth-order valence-corrected chi connectivity index (χ4v) is 3.54. The fraction of sp³-hybridized carbons (Fsp3) is 0.154. The normalized spacial score (nSPS) is 10.6. The molecule has 0 radical (unpaired) electrons. The molecule has 1 aromatic heterocycles. The smallest absolute Gasteiger partial charge is 0.224 e. The minimum atomic E-state index is -0.314. The van der Waals surface area contributed by atoms with E-state index in [0.29, 0.717) is 17.2 Å². The van der Waals surface area contributed by atoms with E-state index in [1.165, 1.54) is 12.1 Å². The molecule has 0 fully saturated rings. The Morgan fingerprint density at radius 3 is 2.39 bits per heavy atom. The van der Waals surface area contributed by atoms with Crippen molar-refractivity contribution < 1.29 is 18.7 Å². The van der Waals surface area contributed by atoms with E-state index < -0.39 is 0 Å². The van der Waals surface area contributed by atoms with Crippen molar-refractivity contribution in [1.82, 2.24) is 15.1 Å². The highest BCUT2D eigenvalue weighted by molar-refractivity contribution is 5.79. The Kier molecular flexibility index (Phi) is 6.69. The molecule has 4 rings (SSSR count). The maximum Gasteiger partial charge on any atom is 0.224 e. The zero-order chi connectivity index (χ0) is 23.2. The van der Waals surface area contributed by atoms with Gasteiger partial charge in [-0.15, -0.1) is 0 Å². The van der Waals surface area contributed by atoms with E-state index in [-0.39, 0.29) is 24.7 Å². The van der Waals surface area contributed by atoms with E-state index in [1.54, 1.807) is 43.2 Å². The maximum absolute atomic E-state index is 13.4. The molecule has 1 N–H and O–H groups in total. The van der Waals surface area contributed by atoms with E-state index in [2.05, 4.69) is 5.32 Å². The van der Waals surface area contributed by atoms with Gasteiger partial charge in [0, 0.05) is 23.9 Å². The lowest BCUT2D eigenvalue weighted by Crippen LogP contribution is -2.24. The van der Waals surface area contributed by atoms with E-state index in [4.69, 9.17) is 14.6 Å². The lowest BCUT2D eigenvalue weighted by Gasteiger charge is -2.10. The summed E-state index contributed by atoms with van der Waals surface area (Å²) in [6, 6.07) is 21.2. The first-order valence-corrected chi connectivity index (χ1v) is 10.4. The van der Waals surface area contributed by atoms with Crippen LogP contribution in [-0.4, -0.2) is 29.9 Å². The molecule has 168 valence electrons. The average molecular weight is 445 g/mol. The molecular formula is C26H24FN3O3. The molecular weight excluding hydrogens is 421 g/mol. The Morgan fingerprint density at radius 2 is 1.70 bits per heavy atom. The quantitative estimate of drug-likeness (QED) is 0.432. The van der Waals surface area contributed by atoms with Crippen LogP contribution in [0.4, 0.5) is 4.39 Å². The minimum absolute atomic E-state index is 0.139. The second-order valence-electron chi connectivity index (χ2n) is 7.43. The lowest BCUT2D eigenvalue weighted by atomic mass is 10.1. The number of rotatable bonds is 8. The van der Waals surface area contributed by atoms with Crippen LogP contribution in [0.2, 0.25) is 0 Å². The second-order valence-corrected chi connectivity index (χ2v) is 7.43. The number of aromatic nitrogens is 2. The van der Waals surface area contributed by atoms with Gasteiger partial charge in [-0.2, -0.15) is 5.10 Å². The molecule has 0 saturated heterocycles. The molecule has 0 aliphatic rings. The molecule has 6 nitrogen and oxygen atoms in total. The molecule has 3 aromatic carbocycles. The number of para-hydroxylation sites is 1. The summed E-state index contributed by atoms with van der Waals surface area (Å²) in [6.45, 7) is 0.283. The van der Waals surface area contributed by atoms with Gasteiger partial charge >= 0.3 is 0 Å². The number of methoxy groups -OCH3 is 2. The van der Waals surface area contributed by atoms with Gasteiger partial charge in [-0.05, 0) is 54.1 Å². The molecule has 0 aliphatic carbocycles. The van der Waals surface area contributed by atoms with Gasteiger partial charge in [0.2, 0.25) is 5.91 Å². The summed E-state index contributed by atoms with van der Waals surface area (Å²) in [7, 11) is 3.13. The Labute approximate surface area is 191 Å². The summed E-state index contributed by atoms with van der Waals surface area (Å²) in [5, 5.41) is 7.66. The van der Waals surface area contributed by atoms with E-state index in [0.717, 1.165) is 22.4 Å². The topological polar surface area (TPSA) is 65.4 Å². The van der Waals surface area contributed by atoms with Crippen molar-refractivity contribution in [3.05, 3.63) is 95.9 Å². The van der Waals surface area contributed by atoms with Crippen LogP contribution in [0, 0.1) is 5.82 Å². The van der Waals surface area contributed by atoms with Crippen molar-refractivity contribution in [3.8, 4) is 28.4 Å². The average Bonchev–Trinajstić information content (AvgIpc) is 3.28. The van der Waals surface area contributed by atoms with Gasteiger partial charge < -0.3 is 14.8 Å². The third-order valence-corrected chi connectivity index (χ3v) is 5.22. The van der Waals surface area contributed by atoms with Gasteiger partial charge in [-0.3, -0.25) is 4.79 Å². The summed E-state index contributed by atoms with van der Waals surface area (Å²) in [5.41, 5.74) is 3.99. The Hall–Kier alpha value is -4.13. The molecule has 0 aliphatic heterocycles. The Morgan fingerprint density at radius 1 is 0.970 bits per heavy atom. The summed E-state index contributed by atoms with van der Waals surface area (Å²) in [6.07, 6.45) is 2.07. The maximum atomic E-state index is 13.4. The highest BCUT2D eigenvalue weighted by atomic mass is 19.1. The summed E-state index contributed by atoms with van der Waals surface area (Å²) in [5.74, 6) is 0.732. The predicted molar refractivity (Wildman–Crippen MR) is 124 cm³/mol. The molecule has 0 spiro atoms. The number of amides is 1. The van der Waals surface area contributed by atoms with Crippen molar-refractivity contribution in [2.24, 2.45) is 0 Å². The van der Waals surface area contributed by atoms with Crippen molar-refractivity contribution in [1.29, 1.82) is 0 Å². The van der Waals surface area contributed by atoms with Crippen LogP contribution in [0.15, 0.2) is 79.0 Å². The third kappa shape index (κ3) is 5.20. The number of nitrogens with one attached hydrogen (secondary N) is 1. The second kappa shape index (κ2) is 9.99. The zero-order valence-electron chi connectivity index (χ0n) is 18.4. The highest BCUT2D eigenvalue weighted by Crippen LogP contribution is 2.28. The summed E-state index contributed by atoms with van der Waals surface area (Å²) >= 11 is 0. The van der Waals surface area contributed by atoms with Crippen molar-refractivity contribution in [3.63, 3.8) is 0 Å². The molecule has 0 atom stereocenters. The van der Waals surface area contributed by atoms with Crippen LogP contribution in [0.25, 0.3) is 16.9 Å². The van der Waals surface area contributed by atoms with Crippen molar-refractivity contribution in [2.45, 2.75) is 13.0 Å². The Balaban J connectivity index is 1.53. The van der Waals surface area contributed by atoms with Crippen LogP contribution in [0.3, 0.4) is 0 Å². The fourth-order valence-electron chi connectivity index (χ4n) is 3.54. The summed E-state index contributed by atoms with van der Waals surface area (Å²) < 4.78 is 25.8. The number of halogens is 1. The highest BCUT2D eigenvalue weighted by Gasteiger charge is 2.14. The van der Waals surface area contributed by atoms with Crippen LogP contribution in [0.1, 0.15) is 11.1 Å². The molecule has 7 heteroatoms. The monoisotopic (exact) mass is 445 g/mol. The molecule has 0 saturated carbocycles. The number of hydrogen-bond donors (Lipinski definition) is 1. The standard InChI is InChI=1S/C26H24FN3O3/c1-32-23-13-8-18(14-24(23)33-2)15-25(31)28-16-20-17-30(22-6-4-3-5-7-22)29-26(20)19-9-11-21(27)12-10-19/h3-14,17H,15-16H2,1-2H3,(H,28,31). The molecule has 1 heterocycles. The predicted octanol–water partition coefficient (Wildman–Crippen LogP) is 4.55. The van der Waals surface area contributed by atoms with Crippen molar-refractivity contribution >= 4 is 5.91 Å². The number of carbonyl (C=O) groups is 1. The van der Waals surface area contributed by atoms with E-state index in [9.17, 15) is 9.18 Å². The number of carbonyl (C=O) groups excluding carboxylic acids is 1. The number of hydrogen-bond acceptors (Lipinski definition) is 4. The molecule has 33 heavy (non-hydrogen) atoms. The molecule has 1 amide bonds. The molecule has 4 aromatic rings. The van der Waals surface area contributed by atoms with Crippen LogP contribution in [-0.2, 0) is 17.8 Å².